The lowest BCUT2D eigenvalue weighted by atomic mass is 10.1. The highest BCUT2D eigenvalue weighted by molar-refractivity contribution is 5.80. The van der Waals surface area contributed by atoms with E-state index in [0.29, 0.717) is 24.9 Å². The quantitative estimate of drug-likeness (QED) is 0.379. The van der Waals surface area contributed by atoms with E-state index in [4.69, 9.17) is 9.40 Å². The Balaban J connectivity index is 1.43. The molecule has 0 saturated carbocycles. The van der Waals surface area contributed by atoms with E-state index in [2.05, 4.69) is 38.2 Å². The average molecular weight is 403 g/mol. The largest absolute Gasteiger partial charge is 0.444 e. The Morgan fingerprint density at radius 3 is 2.63 bits per heavy atom. The van der Waals surface area contributed by atoms with Crippen LogP contribution in [0.1, 0.15) is 24.0 Å². The van der Waals surface area contributed by atoms with E-state index in [-0.39, 0.29) is 0 Å². The highest BCUT2D eigenvalue weighted by Gasteiger charge is 2.09. The number of hydrogen-bond acceptors (Lipinski definition) is 4. The van der Waals surface area contributed by atoms with Crippen molar-refractivity contribution in [2.24, 2.45) is 12.0 Å². The van der Waals surface area contributed by atoms with E-state index in [9.17, 15) is 0 Å². The van der Waals surface area contributed by atoms with Gasteiger partial charge in [-0.3, -0.25) is 0 Å². The number of nitrogens with zero attached hydrogens (tertiary/aromatic N) is 4. The first-order chi connectivity index (χ1) is 14.6. The fourth-order valence-corrected chi connectivity index (χ4v) is 3.23. The number of aliphatic imine (C=N–C) groups is 1. The second-order valence-corrected chi connectivity index (χ2v) is 7.13. The van der Waals surface area contributed by atoms with Crippen LogP contribution in [0.5, 0.6) is 0 Å². The van der Waals surface area contributed by atoms with Crippen molar-refractivity contribution in [1.82, 2.24) is 25.2 Å². The van der Waals surface area contributed by atoms with Crippen LogP contribution in [-0.2, 0) is 20.1 Å². The number of imidazole rings is 1. The van der Waals surface area contributed by atoms with Gasteiger partial charge in [0.2, 0.25) is 5.89 Å². The lowest BCUT2D eigenvalue weighted by Gasteiger charge is -2.10. The van der Waals surface area contributed by atoms with Crippen molar-refractivity contribution in [3.05, 3.63) is 71.9 Å². The second-order valence-electron chi connectivity index (χ2n) is 7.13. The van der Waals surface area contributed by atoms with Crippen molar-refractivity contribution in [1.29, 1.82) is 0 Å². The number of hydrogen-bond donors (Lipinski definition) is 2. The summed E-state index contributed by atoms with van der Waals surface area (Å²) in [6.07, 6.45) is 1.66. The van der Waals surface area contributed by atoms with E-state index in [1.165, 1.54) is 5.56 Å². The molecule has 0 aliphatic heterocycles. The SMILES string of the molecule is CCNC(=NCc1coc(-c2ccc(C)cc2)n1)NCc1nc2ccccc2n1C. The summed E-state index contributed by atoms with van der Waals surface area (Å²) in [7, 11) is 2.03. The Morgan fingerprint density at radius 2 is 1.87 bits per heavy atom. The first-order valence-electron chi connectivity index (χ1n) is 10.1. The van der Waals surface area contributed by atoms with Crippen LogP contribution >= 0.6 is 0 Å². The summed E-state index contributed by atoms with van der Waals surface area (Å²) in [5.41, 5.74) is 5.05. The zero-order chi connectivity index (χ0) is 20.9. The zero-order valence-corrected chi connectivity index (χ0v) is 17.5. The van der Waals surface area contributed by atoms with Gasteiger partial charge in [-0.05, 0) is 38.1 Å². The highest BCUT2D eigenvalue weighted by Crippen LogP contribution is 2.19. The summed E-state index contributed by atoms with van der Waals surface area (Å²) < 4.78 is 7.72. The Morgan fingerprint density at radius 1 is 1.07 bits per heavy atom. The molecule has 0 fully saturated rings. The van der Waals surface area contributed by atoms with Crippen molar-refractivity contribution in [2.75, 3.05) is 6.54 Å². The van der Waals surface area contributed by atoms with Crippen molar-refractivity contribution >= 4 is 17.0 Å². The van der Waals surface area contributed by atoms with Crippen LogP contribution in [0.25, 0.3) is 22.5 Å². The first kappa shape index (κ1) is 19.7. The molecule has 0 aliphatic rings. The first-order valence-corrected chi connectivity index (χ1v) is 10.1. The number of aryl methyl sites for hydroxylation is 2. The normalized spacial score (nSPS) is 11.8. The zero-order valence-electron chi connectivity index (χ0n) is 17.5. The van der Waals surface area contributed by atoms with Crippen molar-refractivity contribution in [3.8, 4) is 11.5 Å². The molecule has 7 heteroatoms. The van der Waals surface area contributed by atoms with Gasteiger partial charge >= 0.3 is 0 Å². The molecule has 4 aromatic rings. The molecule has 0 unspecified atom stereocenters. The number of guanidine groups is 1. The Bertz CT molecular complexity index is 1160. The molecule has 30 heavy (non-hydrogen) atoms. The predicted octanol–water partition coefficient (Wildman–Crippen LogP) is 3.79. The van der Waals surface area contributed by atoms with E-state index in [0.717, 1.165) is 34.7 Å². The molecular weight excluding hydrogens is 376 g/mol. The summed E-state index contributed by atoms with van der Waals surface area (Å²) in [5, 5.41) is 6.62. The molecule has 0 saturated heterocycles. The number of rotatable bonds is 6. The molecule has 2 N–H and O–H groups in total. The number of aromatic nitrogens is 3. The summed E-state index contributed by atoms with van der Waals surface area (Å²) >= 11 is 0. The fraction of sp³-hybridized carbons (Fsp3) is 0.261. The maximum absolute atomic E-state index is 5.63. The maximum atomic E-state index is 5.63. The van der Waals surface area contributed by atoms with E-state index in [1.807, 2.05) is 56.4 Å². The van der Waals surface area contributed by atoms with Crippen LogP contribution in [0.4, 0.5) is 0 Å². The fourth-order valence-electron chi connectivity index (χ4n) is 3.23. The van der Waals surface area contributed by atoms with E-state index in [1.54, 1.807) is 6.26 Å². The molecule has 0 aliphatic carbocycles. The minimum Gasteiger partial charge on any atom is -0.444 e. The maximum Gasteiger partial charge on any atom is 0.226 e. The lowest BCUT2D eigenvalue weighted by molar-refractivity contribution is 0.572. The number of oxazole rings is 1. The number of nitrogens with one attached hydrogen (secondary N) is 2. The standard InChI is InChI=1S/C23H26N6O/c1-4-24-23(26-14-21-28-19-7-5-6-8-20(19)29(21)3)25-13-18-15-30-22(27-18)17-11-9-16(2)10-12-17/h5-12,15H,4,13-14H2,1-3H3,(H2,24,25,26). The molecule has 2 heterocycles. The second kappa shape index (κ2) is 8.82. The summed E-state index contributed by atoms with van der Waals surface area (Å²) in [6.45, 7) is 5.86. The smallest absolute Gasteiger partial charge is 0.226 e. The molecular formula is C23H26N6O. The average Bonchev–Trinajstić information content (AvgIpc) is 3.36. The molecule has 2 aromatic heterocycles. The van der Waals surface area contributed by atoms with Gasteiger partial charge in [0.05, 0.1) is 24.1 Å². The third-order valence-corrected chi connectivity index (χ3v) is 4.89. The predicted molar refractivity (Wildman–Crippen MR) is 119 cm³/mol. The molecule has 7 nitrogen and oxygen atoms in total. The third-order valence-electron chi connectivity index (χ3n) is 4.89. The molecule has 0 spiro atoms. The highest BCUT2D eigenvalue weighted by atomic mass is 16.3. The third kappa shape index (κ3) is 4.35. The van der Waals surface area contributed by atoms with Gasteiger partial charge in [-0.2, -0.15) is 0 Å². The topological polar surface area (TPSA) is 80.3 Å². The molecule has 0 bridgehead atoms. The van der Waals surface area contributed by atoms with Crippen LogP contribution in [0.3, 0.4) is 0 Å². The van der Waals surface area contributed by atoms with Crippen LogP contribution in [0.15, 0.2) is 64.2 Å². The van der Waals surface area contributed by atoms with Gasteiger partial charge in [-0.15, -0.1) is 0 Å². The molecule has 2 aromatic carbocycles. The Kier molecular flexibility index (Phi) is 5.79. The summed E-state index contributed by atoms with van der Waals surface area (Å²) in [4.78, 5) is 13.9. The monoisotopic (exact) mass is 402 g/mol. The van der Waals surface area contributed by atoms with Gasteiger partial charge in [0.25, 0.3) is 0 Å². The van der Waals surface area contributed by atoms with E-state index < -0.39 is 0 Å². The Hall–Kier alpha value is -3.61. The molecule has 0 amide bonds. The Labute approximate surface area is 175 Å². The van der Waals surface area contributed by atoms with Gasteiger partial charge in [0.15, 0.2) is 5.96 Å². The molecule has 0 radical (unpaired) electrons. The van der Waals surface area contributed by atoms with Gasteiger partial charge in [-0.25, -0.2) is 15.0 Å². The van der Waals surface area contributed by atoms with Gasteiger partial charge in [0.1, 0.15) is 17.8 Å². The van der Waals surface area contributed by atoms with Crippen LogP contribution < -0.4 is 10.6 Å². The van der Waals surface area contributed by atoms with E-state index >= 15 is 0 Å². The molecule has 154 valence electrons. The minimum absolute atomic E-state index is 0.424. The molecule has 0 atom stereocenters. The van der Waals surface area contributed by atoms with Crippen LogP contribution in [0.2, 0.25) is 0 Å². The number of fused-ring (bicyclic) bond motifs is 1. The number of para-hydroxylation sites is 2. The van der Waals surface area contributed by atoms with Crippen LogP contribution in [0, 0.1) is 6.92 Å². The van der Waals surface area contributed by atoms with Gasteiger partial charge < -0.3 is 19.6 Å². The summed E-state index contributed by atoms with van der Waals surface area (Å²) in [6, 6.07) is 16.2. The van der Waals surface area contributed by atoms with Crippen molar-refractivity contribution in [2.45, 2.75) is 26.9 Å². The lowest BCUT2D eigenvalue weighted by Crippen LogP contribution is -2.37. The van der Waals surface area contributed by atoms with Gasteiger partial charge in [-0.1, -0.05) is 29.8 Å². The number of benzene rings is 2. The summed E-state index contributed by atoms with van der Waals surface area (Å²) in [5.74, 6) is 2.27. The minimum atomic E-state index is 0.424. The van der Waals surface area contributed by atoms with Crippen molar-refractivity contribution < 1.29 is 4.42 Å². The van der Waals surface area contributed by atoms with Crippen molar-refractivity contribution in [3.63, 3.8) is 0 Å². The van der Waals surface area contributed by atoms with Crippen LogP contribution in [-0.4, -0.2) is 27.0 Å². The van der Waals surface area contributed by atoms with Gasteiger partial charge in [0, 0.05) is 19.2 Å². The molecule has 4 rings (SSSR count).